The molecule has 0 aliphatic heterocycles. The van der Waals surface area contributed by atoms with Crippen molar-refractivity contribution >= 4 is 34.9 Å². The SMILES string of the molecule is CN(CCC(=O)OC1CCCCC1(C(N)=S)c1ccc2nccn2c1)C(=O)OC(C)(C)C. The molecule has 0 saturated heterocycles. The number of pyridine rings is 1. The molecule has 2 heterocycles. The molecule has 2 aromatic heterocycles. The van der Waals surface area contributed by atoms with E-state index in [0.717, 1.165) is 24.1 Å². The Morgan fingerprint density at radius 3 is 2.78 bits per heavy atom. The maximum Gasteiger partial charge on any atom is 0.410 e. The van der Waals surface area contributed by atoms with Crippen LogP contribution >= 0.6 is 12.2 Å². The minimum Gasteiger partial charge on any atom is -0.461 e. The molecule has 2 aromatic rings. The number of esters is 1. The van der Waals surface area contributed by atoms with E-state index < -0.39 is 29.2 Å². The van der Waals surface area contributed by atoms with Crippen molar-refractivity contribution in [3.63, 3.8) is 0 Å². The Kier molecular flexibility index (Phi) is 7.07. The van der Waals surface area contributed by atoms with Crippen LogP contribution in [0, 0.1) is 0 Å². The molecule has 2 unspecified atom stereocenters. The number of amides is 1. The molecule has 1 aliphatic carbocycles. The maximum absolute atomic E-state index is 12.7. The summed E-state index contributed by atoms with van der Waals surface area (Å²) in [6.45, 7) is 5.59. The molecular formula is C23H32N4O4S. The van der Waals surface area contributed by atoms with Crippen LogP contribution in [0.1, 0.15) is 58.4 Å². The van der Waals surface area contributed by atoms with Crippen LogP contribution in [0.15, 0.2) is 30.7 Å². The first-order valence-corrected chi connectivity index (χ1v) is 11.3. The smallest absolute Gasteiger partial charge is 0.410 e. The molecule has 1 fully saturated rings. The first-order valence-electron chi connectivity index (χ1n) is 10.9. The highest BCUT2D eigenvalue weighted by Crippen LogP contribution is 2.42. The number of thiocarbonyl (C=S) groups is 1. The fourth-order valence-corrected chi connectivity index (χ4v) is 4.50. The third-order valence-electron chi connectivity index (χ3n) is 5.81. The number of fused-ring (bicyclic) bond motifs is 1. The van der Waals surface area contributed by atoms with Crippen molar-refractivity contribution in [2.45, 2.75) is 70.0 Å². The van der Waals surface area contributed by atoms with Gasteiger partial charge in [0.15, 0.2) is 0 Å². The van der Waals surface area contributed by atoms with Crippen LogP contribution in [-0.2, 0) is 19.7 Å². The Balaban J connectivity index is 1.74. The topological polar surface area (TPSA) is 99.2 Å². The molecule has 0 radical (unpaired) electrons. The molecule has 1 saturated carbocycles. The minimum atomic E-state index is -0.737. The second-order valence-corrected chi connectivity index (χ2v) is 9.76. The van der Waals surface area contributed by atoms with Gasteiger partial charge in [0, 0.05) is 32.2 Å². The fourth-order valence-electron chi connectivity index (χ4n) is 4.15. The van der Waals surface area contributed by atoms with E-state index in [0.29, 0.717) is 17.8 Å². The second kappa shape index (κ2) is 9.44. The van der Waals surface area contributed by atoms with Gasteiger partial charge >= 0.3 is 12.1 Å². The summed E-state index contributed by atoms with van der Waals surface area (Å²) < 4.78 is 13.2. The van der Waals surface area contributed by atoms with Crippen molar-refractivity contribution in [3.8, 4) is 0 Å². The van der Waals surface area contributed by atoms with Gasteiger partial charge in [0.2, 0.25) is 0 Å². The van der Waals surface area contributed by atoms with Gasteiger partial charge in [-0.05, 0) is 51.7 Å². The first kappa shape index (κ1) is 24.0. The summed E-state index contributed by atoms with van der Waals surface area (Å²) in [5.41, 5.74) is 6.69. The maximum atomic E-state index is 12.7. The molecule has 0 aromatic carbocycles. The van der Waals surface area contributed by atoms with Gasteiger partial charge in [-0.3, -0.25) is 4.79 Å². The highest BCUT2D eigenvalue weighted by molar-refractivity contribution is 7.80. The summed E-state index contributed by atoms with van der Waals surface area (Å²) in [4.78, 5) is 30.9. The van der Waals surface area contributed by atoms with Gasteiger partial charge in [-0.25, -0.2) is 9.78 Å². The number of ether oxygens (including phenoxy) is 2. The van der Waals surface area contributed by atoms with Crippen molar-refractivity contribution in [2.24, 2.45) is 5.73 Å². The van der Waals surface area contributed by atoms with E-state index in [1.807, 2.05) is 28.9 Å². The number of carbonyl (C=O) groups excluding carboxylic acids is 2. The van der Waals surface area contributed by atoms with E-state index in [-0.39, 0.29) is 13.0 Å². The number of rotatable bonds is 6. The molecule has 2 N–H and O–H groups in total. The summed E-state index contributed by atoms with van der Waals surface area (Å²) >= 11 is 5.52. The van der Waals surface area contributed by atoms with Crippen molar-refractivity contribution in [2.75, 3.05) is 13.6 Å². The van der Waals surface area contributed by atoms with Gasteiger partial charge in [0.1, 0.15) is 17.4 Å². The van der Waals surface area contributed by atoms with Crippen LogP contribution in [-0.4, -0.2) is 56.6 Å². The predicted octanol–water partition coefficient (Wildman–Crippen LogP) is 3.60. The van der Waals surface area contributed by atoms with E-state index in [2.05, 4.69) is 4.98 Å². The molecule has 9 heteroatoms. The summed E-state index contributed by atoms with van der Waals surface area (Å²) in [6.07, 6.45) is 7.91. The third-order valence-corrected chi connectivity index (χ3v) is 6.18. The summed E-state index contributed by atoms with van der Waals surface area (Å²) in [6, 6.07) is 3.88. The zero-order valence-electron chi connectivity index (χ0n) is 19.2. The molecule has 1 amide bonds. The molecule has 8 nitrogen and oxygen atoms in total. The second-order valence-electron chi connectivity index (χ2n) is 9.32. The molecule has 0 bridgehead atoms. The van der Waals surface area contributed by atoms with Gasteiger partial charge in [-0.2, -0.15) is 0 Å². The zero-order valence-corrected chi connectivity index (χ0v) is 20.0. The Labute approximate surface area is 194 Å². The van der Waals surface area contributed by atoms with Crippen molar-refractivity contribution < 1.29 is 19.1 Å². The summed E-state index contributed by atoms with van der Waals surface area (Å²) in [5, 5.41) is 0. The standard InChI is InChI=1S/C23H32N4O4S/c1-22(2,3)31-21(29)26(4)13-10-19(28)30-17-7-5-6-11-23(17,20(24)32)16-8-9-18-25-12-14-27(18)15-16/h8-9,12,14-15,17H,5-7,10-11,13H2,1-4H3,(H2,24,32). The van der Waals surface area contributed by atoms with E-state index >= 15 is 0 Å². The van der Waals surface area contributed by atoms with Gasteiger partial charge < -0.3 is 24.5 Å². The van der Waals surface area contributed by atoms with E-state index in [1.165, 1.54) is 4.90 Å². The monoisotopic (exact) mass is 460 g/mol. The normalized spacial score (nSPS) is 21.2. The van der Waals surface area contributed by atoms with E-state index in [4.69, 9.17) is 27.4 Å². The number of aromatic nitrogens is 2. The molecule has 1 aliphatic rings. The molecule has 32 heavy (non-hydrogen) atoms. The van der Waals surface area contributed by atoms with Crippen LogP contribution in [0.3, 0.4) is 0 Å². The molecule has 2 atom stereocenters. The minimum absolute atomic E-state index is 0.0558. The molecule has 0 spiro atoms. The number of imidazole rings is 1. The Morgan fingerprint density at radius 2 is 2.09 bits per heavy atom. The number of nitrogens with zero attached hydrogens (tertiary/aromatic N) is 3. The number of hydrogen-bond donors (Lipinski definition) is 1. The average molecular weight is 461 g/mol. The molecule has 174 valence electrons. The quantitative estimate of drug-likeness (QED) is 0.519. The van der Waals surface area contributed by atoms with Crippen LogP contribution in [0.2, 0.25) is 0 Å². The molecule has 3 rings (SSSR count). The lowest BCUT2D eigenvalue weighted by Crippen LogP contribution is -2.53. The van der Waals surface area contributed by atoms with Crippen LogP contribution in [0.4, 0.5) is 4.79 Å². The zero-order chi connectivity index (χ0) is 23.5. The summed E-state index contributed by atoms with van der Waals surface area (Å²) in [5.74, 6) is -0.392. The number of hydrogen-bond acceptors (Lipinski definition) is 6. The van der Waals surface area contributed by atoms with Crippen molar-refractivity contribution in [3.05, 3.63) is 36.3 Å². The number of carbonyl (C=O) groups is 2. The first-order chi connectivity index (χ1) is 15.0. The van der Waals surface area contributed by atoms with E-state index in [1.54, 1.807) is 34.0 Å². The van der Waals surface area contributed by atoms with Crippen molar-refractivity contribution in [1.29, 1.82) is 0 Å². The Bertz CT molecular complexity index is 999. The lowest BCUT2D eigenvalue weighted by atomic mass is 9.67. The highest BCUT2D eigenvalue weighted by Gasteiger charge is 2.47. The Hall–Kier alpha value is -2.68. The highest BCUT2D eigenvalue weighted by atomic mass is 32.1. The molecular weight excluding hydrogens is 428 g/mol. The van der Waals surface area contributed by atoms with Gasteiger partial charge in [-0.15, -0.1) is 0 Å². The van der Waals surface area contributed by atoms with Crippen LogP contribution < -0.4 is 5.73 Å². The van der Waals surface area contributed by atoms with Gasteiger partial charge in [0.05, 0.1) is 16.8 Å². The van der Waals surface area contributed by atoms with Gasteiger partial charge in [0.25, 0.3) is 0 Å². The third kappa shape index (κ3) is 5.20. The average Bonchev–Trinajstić information content (AvgIpc) is 3.19. The lowest BCUT2D eigenvalue weighted by Gasteiger charge is -2.43. The number of nitrogens with two attached hydrogens (primary N) is 1. The lowest BCUT2D eigenvalue weighted by molar-refractivity contribution is -0.153. The van der Waals surface area contributed by atoms with Crippen LogP contribution in [0.25, 0.3) is 5.65 Å². The predicted molar refractivity (Wildman–Crippen MR) is 125 cm³/mol. The summed E-state index contributed by atoms with van der Waals surface area (Å²) in [7, 11) is 1.60. The largest absolute Gasteiger partial charge is 0.461 e. The van der Waals surface area contributed by atoms with Crippen molar-refractivity contribution in [1.82, 2.24) is 14.3 Å². The van der Waals surface area contributed by atoms with Crippen LogP contribution in [0.5, 0.6) is 0 Å². The Morgan fingerprint density at radius 1 is 1.34 bits per heavy atom. The van der Waals surface area contributed by atoms with E-state index in [9.17, 15) is 9.59 Å². The van der Waals surface area contributed by atoms with Gasteiger partial charge in [-0.1, -0.05) is 24.7 Å². The fraction of sp³-hybridized carbons (Fsp3) is 0.565.